The molecule has 4 aromatic rings. The molecule has 0 aliphatic carbocycles. The van der Waals surface area contributed by atoms with Gasteiger partial charge in [0.1, 0.15) is 24.2 Å². The lowest BCUT2D eigenvalue weighted by Crippen LogP contribution is -2.32. The Morgan fingerprint density at radius 3 is 2.81 bits per heavy atom. The van der Waals surface area contributed by atoms with Crippen molar-refractivity contribution in [2.75, 3.05) is 5.32 Å². The summed E-state index contributed by atoms with van der Waals surface area (Å²) in [6, 6.07) is 18.3. The number of anilines is 1. The molecule has 0 amide bonds. The highest BCUT2D eigenvalue weighted by Crippen LogP contribution is 2.50. The zero-order valence-electron chi connectivity index (χ0n) is 16.7. The maximum Gasteiger partial charge on any atom is 0.226 e. The summed E-state index contributed by atoms with van der Waals surface area (Å²) in [5.41, 5.74) is 6.40. The number of nitrogens with one attached hydrogen (secondary N) is 1. The third kappa shape index (κ3) is 2.96. The fourth-order valence-corrected chi connectivity index (χ4v) is 4.80. The lowest BCUT2D eigenvalue weighted by molar-refractivity contribution is 0.223. The molecule has 152 valence electrons. The molecule has 0 unspecified atom stereocenters. The van der Waals surface area contributed by atoms with Gasteiger partial charge in [0.15, 0.2) is 0 Å². The number of hydrogen-bond donors (Lipinski definition) is 1. The van der Waals surface area contributed by atoms with E-state index in [9.17, 15) is 0 Å². The molecule has 2 aromatic carbocycles. The zero-order chi connectivity index (χ0) is 20.9. The average molecular weight is 472 g/mol. The average Bonchev–Trinajstić information content (AvgIpc) is 3.26. The third-order valence-corrected chi connectivity index (χ3v) is 6.21. The van der Waals surface area contributed by atoms with Gasteiger partial charge in [-0.1, -0.05) is 45.8 Å². The number of pyridine rings is 1. The van der Waals surface area contributed by atoms with Gasteiger partial charge in [0.05, 0.1) is 5.70 Å². The lowest BCUT2D eigenvalue weighted by Gasteiger charge is -2.39. The molecule has 0 fully saturated rings. The minimum Gasteiger partial charge on any atom is -0.480 e. The van der Waals surface area contributed by atoms with Crippen LogP contribution in [-0.4, -0.2) is 19.7 Å². The van der Waals surface area contributed by atoms with Crippen molar-refractivity contribution in [1.82, 2.24) is 19.7 Å². The van der Waals surface area contributed by atoms with Crippen LogP contribution in [0.4, 0.5) is 5.95 Å². The summed E-state index contributed by atoms with van der Waals surface area (Å²) < 4.78 is 9.56. The van der Waals surface area contributed by atoms with Crippen LogP contribution in [0.3, 0.4) is 0 Å². The second-order valence-corrected chi connectivity index (χ2v) is 8.64. The Balaban J connectivity index is 1.65. The molecular formula is C24H18BrN5O. The minimum absolute atomic E-state index is 0.194. The van der Waals surface area contributed by atoms with Gasteiger partial charge in [0.2, 0.25) is 5.95 Å². The Hall–Kier alpha value is -3.45. The van der Waals surface area contributed by atoms with Crippen LogP contribution in [0.5, 0.6) is 5.75 Å². The van der Waals surface area contributed by atoms with Crippen molar-refractivity contribution >= 4 is 27.6 Å². The molecule has 0 bridgehead atoms. The molecule has 0 radical (unpaired) electrons. The highest BCUT2D eigenvalue weighted by molar-refractivity contribution is 9.10. The Bertz CT molecular complexity index is 1330. The maximum atomic E-state index is 6.64. The number of fused-ring (bicyclic) bond motifs is 3. The highest BCUT2D eigenvalue weighted by Gasteiger charge is 2.41. The van der Waals surface area contributed by atoms with E-state index < -0.39 is 0 Å². The van der Waals surface area contributed by atoms with E-state index in [2.05, 4.69) is 73.6 Å². The fourth-order valence-electron chi connectivity index (χ4n) is 4.39. The fraction of sp³-hybridized carbons (Fsp3) is 0.125. The van der Waals surface area contributed by atoms with E-state index in [1.54, 1.807) is 12.5 Å². The molecule has 6 rings (SSSR count). The summed E-state index contributed by atoms with van der Waals surface area (Å²) in [7, 11) is 0. The Labute approximate surface area is 187 Å². The predicted molar refractivity (Wildman–Crippen MR) is 122 cm³/mol. The number of halogens is 1. The largest absolute Gasteiger partial charge is 0.480 e. The van der Waals surface area contributed by atoms with Gasteiger partial charge < -0.3 is 10.1 Å². The number of hydrogen-bond acceptors (Lipinski definition) is 5. The summed E-state index contributed by atoms with van der Waals surface area (Å²) in [5.74, 6) is 1.55. The minimum atomic E-state index is -0.294. The first-order chi connectivity index (χ1) is 15.2. The van der Waals surface area contributed by atoms with Gasteiger partial charge in [-0.25, -0.2) is 4.68 Å². The van der Waals surface area contributed by atoms with Gasteiger partial charge in [-0.3, -0.25) is 4.98 Å². The second-order valence-electron chi connectivity index (χ2n) is 7.72. The summed E-state index contributed by atoms with van der Waals surface area (Å²) >= 11 is 3.61. The molecule has 2 aromatic heterocycles. The summed E-state index contributed by atoms with van der Waals surface area (Å²) in [6.45, 7) is 2.09. The lowest BCUT2D eigenvalue weighted by atomic mass is 9.85. The van der Waals surface area contributed by atoms with Crippen molar-refractivity contribution < 1.29 is 4.74 Å². The Morgan fingerprint density at radius 1 is 1.06 bits per heavy atom. The molecule has 2 aliphatic heterocycles. The highest BCUT2D eigenvalue weighted by atomic mass is 79.9. The third-order valence-electron chi connectivity index (χ3n) is 5.72. The Kier molecular flexibility index (Phi) is 4.17. The normalized spacial score (nSPS) is 19.0. The molecule has 0 spiro atoms. The molecule has 7 heteroatoms. The van der Waals surface area contributed by atoms with E-state index in [0.717, 1.165) is 38.2 Å². The molecule has 0 saturated heterocycles. The smallest absolute Gasteiger partial charge is 0.226 e. The van der Waals surface area contributed by atoms with Crippen LogP contribution >= 0.6 is 15.9 Å². The van der Waals surface area contributed by atoms with Crippen molar-refractivity contribution in [3.05, 3.63) is 106 Å². The van der Waals surface area contributed by atoms with E-state index in [1.165, 1.54) is 5.56 Å². The van der Waals surface area contributed by atoms with Crippen molar-refractivity contribution in [2.24, 2.45) is 0 Å². The van der Waals surface area contributed by atoms with E-state index in [-0.39, 0.29) is 12.1 Å². The number of aryl methyl sites for hydroxylation is 1. The van der Waals surface area contributed by atoms with Crippen LogP contribution in [0.1, 0.15) is 34.4 Å². The first-order valence-electron chi connectivity index (χ1n) is 10.0. The topological polar surface area (TPSA) is 64.9 Å². The van der Waals surface area contributed by atoms with E-state index in [1.807, 2.05) is 35.1 Å². The van der Waals surface area contributed by atoms with E-state index in [4.69, 9.17) is 4.74 Å². The van der Waals surface area contributed by atoms with Crippen molar-refractivity contribution in [3.8, 4) is 5.75 Å². The van der Waals surface area contributed by atoms with Crippen LogP contribution in [0.15, 0.2) is 83.4 Å². The predicted octanol–water partition coefficient (Wildman–Crippen LogP) is 5.30. The second kappa shape index (κ2) is 7.06. The molecule has 0 saturated carbocycles. The van der Waals surface area contributed by atoms with Gasteiger partial charge in [-0.15, -0.1) is 0 Å². The van der Waals surface area contributed by atoms with E-state index in [0.29, 0.717) is 5.95 Å². The molecule has 6 nitrogen and oxygen atoms in total. The van der Waals surface area contributed by atoms with Gasteiger partial charge in [-0.2, -0.15) is 10.1 Å². The maximum absolute atomic E-state index is 6.64. The number of rotatable bonds is 2. The standard InChI is InChI=1S/C24H18BrN5O/c1-14-7-8-19-18(10-14)21-20(23(31-19)15-4-2-6-17(25)11-15)22(16-5-3-9-26-12-16)30-24(29-21)27-13-28-30/h2-13,22-23H,1H3,(H,27,28,29)/t22-,23+/m0/s1. The quantitative estimate of drug-likeness (QED) is 0.429. The van der Waals surface area contributed by atoms with Crippen molar-refractivity contribution in [3.63, 3.8) is 0 Å². The summed E-state index contributed by atoms with van der Waals surface area (Å²) in [4.78, 5) is 8.84. The summed E-state index contributed by atoms with van der Waals surface area (Å²) in [6.07, 6.45) is 4.95. The van der Waals surface area contributed by atoms with Crippen LogP contribution in [0.2, 0.25) is 0 Å². The van der Waals surface area contributed by atoms with Gasteiger partial charge >= 0.3 is 0 Å². The molecule has 2 aliphatic rings. The first kappa shape index (κ1) is 18.3. The number of ether oxygens (including phenoxy) is 1. The number of nitrogens with zero attached hydrogens (tertiary/aromatic N) is 4. The Morgan fingerprint density at radius 2 is 1.97 bits per heavy atom. The van der Waals surface area contributed by atoms with Gasteiger partial charge in [0.25, 0.3) is 0 Å². The van der Waals surface area contributed by atoms with Crippen LogP contribution < -0.4 is 10.1 Å². The molecular weight excluding hydrogens is 454 g/mol. The van der Waals surface area contributed by atoms with Crippen molar-refractivity contribution in [2.45, 2.75) is 19.1 Å². The van der Waals surface area contributed by atoms with Crippen LogP contribution in [-0.2, 0) is 0 Å². The molecule has 4 heterocycles. The summed E-state index contributed by atoms with van der Waals surface area (Å²) in [5, 5.41) is 8.07. The molecule has 31 heavy (non-hydrogen) atoms. The number of aromatic nitrogens is 4. The number of benzene rings is 2. The zero-order valence-corrected chi connectivity index (χ0v) is 18.2. The van der Waals surface area contributed by atoms with Gasteiger partial charge in [-0.05, 0) is 48.4 Å². The first-order valence-corrected chi connectivity index (χ1v) is 10.8. The van der Waals surface area contributed by atoms with Crippen molar-refractivity contribution in [1.29, 1.82) is 0 Å². The molecule has 2 atom stereocenters. The van der Waals surface area contributed by atoms with Crippen LogP contribution in [0, 0.1) is 6.92 Å². The SMILES string of the molecule is Cc1ccc2c(c1)C1=C([C@H](c3cccnc3)n3ncnc3N1)[C@@H](c1cccc(Br)c1)O2. The van der Waals surface area contributed by atoms with Gasteiger partial charge in [0, 0.05) is 28.0 Å². The van der Waals surface area contributed by atoms with Crippen LogP contribution in [0.25, 0.3) is 5.70 Å². The molecule has 1 N–H and O–H groups in total. The monoisotopic (exact) mass is 471 g/mol. The van der Waals surface area contributed by atoms with E-state index >= 15 is 0 Å².